The molecule has 1 aliphatic heterocycles. The van der Waals surface area contributed by atoms with Gasteiger partial charge in [-0.25, -0.2) is 0 Å². The molecule has 2 N–H and O–H groups in total. The van der Waals surface area contributed by atoms with Crippen molar-refractivity contribution in [3.63, 3.8) is 0 Å². The summed E-state index contributed by atoms with van der Waals surface area (Å²) in [7, 11) is 0. The second kappa shape index (κ2) is 11.7. The Bertz CT molecular complexity index is 1100. The summed E-state index contributed by atoms with van der Waals surface area (Å²) >= 11 is 0. The number of amidine groups is 1. The number of amides is 1. The average molecular weight is 470 g/mol. The fourth-order valence-corrected chi connectivity index (χ4v) is 4.77. The number of likely N-dealkylation sites (tertiary alicyclic amines) is 1. The van der Waals surface area contributed by atoms with Gasteiger partial charge in [-0.15, -0.1) is 0 Å². The molecule has 5 heteroatoms. The number of piperidine rings is 1. The van der Waals surface area contributed by atoms with Crippen molar-refractivity contribution < 1.29 is 9.63 Å². The van der Waals surface area contributed by atoms with Gasteiger partial charge in [0, 0.05) is 13.1 Å². The number of rotatable bonds is 9. The van der Waals surface area contributed by atoms with Crippen molar-refractivity contribution in [1.29, 1.82) is 0 Å². The Morgan fingerprint density at radius 1 is 0.914 bits per heavy atom. The van der Waals surface area contributed by atoms with Crippen LogP contribution in [0.4, 0.5) is 0 Å². The zero-order valence-corrected chi connectivity index (χ0v) is 20.5. The van der Waals surface area contributed by atoms with Gasteiger partial charge in [0.05, 0.1) is 11.8 Å². The lowest BCUT2D eigenvalue weighted by molar-refractivity contribution is -0.131. The van der Waals surface area contributed by atoms with E-state index in [1.54, 1.807) is 0 Å². The summed E-state index contributed by atoms with van der Waals surface area (Å²) < 4.78 is 0. The minimum Gasteiger partial charge on any atom is -0.394 e. The summed E-state index contributed by atoms with van der Waals surface area (Å²) in [5.74, 6) is 0.650. The summed E-state index contributed by atoms with van der Waals surface area (Å²) in [6.45, 7) is 3.85. The second-order valence-corrected chi connectivity index (χ2v) is 9.39. The largest absolute Gasteiger partial charge is 0.394 e. The standard InChI is InChI=1S/C30H35N3O2/c1-24-14-16-26(17-15-24)23-28(34)33-20-18-30(19-21-33,27-12-6-3-7-13-27)29(31)32-35-22-8-11-25-9-4-2-5-10-25/h2-7,9-10,12-17H,8,11,18-23H2,1H3,(H2,31,32). The summed E-state index contributed by atoms with van der Waals surface area (Å²) in [4.78, 5) is 20.6. The molecule has 0 aromatic heterocycles. The van der Waals surface area contributed by atoms with Crippen LogP contribution in [0.15, 0.2) is 90.1 Å². The van der Waals surface area contributed by atoms with Crippen LogP contribution in [0, 0.1) is 6.92 Å². The van der Waals surface area contributed by atoms with Crippen molar-refractivity contribution in [3.05, 3.63) is 107 Å². The predicted molar refractivity (Wildman–Crippen MR) is 141 cm³/mol. The first-order valence-corrected chi connectivity index (χ1v) is 12.5. The van der Waals surface area contributed by atoms with Gasteiger partial charge < -0.3 is 15.5 Å². The van der Waals surface area contributed by atoms with Gasteiger partial charge in [0.25, 0.3) is 0 Å². The molecule has 35 heavy (non-hydrogen) atoms. The number of nitrogens with zero attached hydrogens (tertiary/aromatic N) is 2. The van der Waals surface area contributed by atoms with E-state index in [1.807, 2.05) is 53.4 Å². The van der Waals surface area contributed by atoms with Gasteiger partial charge >= 0.3 is 0 Å². The number of nitrogens with two attached hydrogens (primary N) is 1. The maximum atomic E-state index is 13.0. The lowest BCUT2D eigenvalue weighted by Crippen LogP contribution is -2.51. The molecule has 0 saturated carbocycles. The van der Waals surface area contributed by atoms with E-state index in [0.29, 0.717) is 32.0 Å². The van der Waals surface area contributed by atoms with Crippen LogP contribution in [0.3, 0.4) is 0 Å². The van der Waals surface area contributed by atoms with Crippen molar-refractivity contribution in [2.75, 3.05) is 19.7 Å². The Kier molecular flexibility index (Phi) is 8.19. The molecule has 1 saturated heterocycles. The maximum Gasteiger partial charge on any atom is 0.226 e. The van der Waals surface area contributed by atoms with Crippen molar-refractivity contribution in [2.45, 2.75) is 44.4 Å². The van der Waals surface area contributed by atoms with Crippen molar-refractivity contribution in [2.24, 2.45) is 10.9 Å². The summed E-state index contributed by atoms with van der Waals surface area (Å²) in [6.07, 6.45) is 3.68. The van der Waals surface area contributed by atoms with Gasteiger partial charge in [0.15, 0.2) is 0 Å². The van der Waals surface area contributed by atoms with Crippen LogP contribution < -0.4 is 5.73 Å². The molecule has 1 fully saturated rings. The molecule has 182 valence electrons. The van der Waals surface area contributed by atoms with Crippen LogP contribution in [-0.2, 0) is 27.9 Å². The van der Waals surface area contributed by atoms with Crippen LogP contribution >= 0.6 is 0 Å². The van der Waals surface area contributed by atoms with E-state index >= 15 is 0 Å². The first kappa shape index (κ1) is 24.5. The number of hydrogen-bond donors (Lipinski definition) is 1. The maximum absolute atomic E-state index is 13.0. The number of carbonyl (C=O) groups excluding carboxylic acids is 1. The van der Waals surface area contributed by atoms with Crippen LogP contribution in [0.5, 0.6) is 0 Å². The highest BCUT2D eigenvalue weighted by molar-refractivity contribution is 5.92. The van der Waals surface area contributed by atoms with Crippen LogP contribution in [0.1, 0.15) is 41.5 Å². The Morgan fingerprint density at radius 3 is 2.20 bits per heavy atom. The van der Waals surface area contributed by atoms with E-state index in [9.17, 15) is 4.79 Å². The number of carbonyl (C=O) groups is 1. The van der Waals surface area contributed by atoms with E-state index in [0.717, 1.165) is 36.8 Å². The Morgan fingerprint density at radius 2 is 1.54 bits per heavy atom. The zero-order chi connectivity index (χ0) is 24.5. The molecule has 1 heterocycles. The Hall–Kier alpha value is -3.60. The summed E-state index contributed by atoms with van der Waals surface area (Å²) in [6, 6.07) is 28.8. The number of benzene rings is 3. The molecule has 0 spiro atoms. The van der Waals surface area contributed by atoms with Gasteiger partial charge in [-0.2, -0.15) is 0 Å². The fourth-order valence-electron chi connectivity index (χ4n) is 4.77. The van der Waals surface area contributed by atoms with Crippen molar-refractivity contribution in [3.8, 4) is 0 Å². The average Bonchev–Trinajstić information content (AvgIpc) is 2.91. The Balaban J connectivity index is 1.38. The summed E-state index contributed by atoms with van der Waals surface area (Å²) in [5.41, 5.74) is 10.8. The molecule has 0 atom stereocenters. The molecule has 0 aliphatic carbocycles. The van der Waals surface area contributed by atoms with E-state index < -0.39 is 5.41 Å². The normalized spacial score (nSPS) is 15.6. The third-order valence-corrected chi connectivity index (χ3v) is 6.97. The molecule has 1 amide bonds. The lowest BCUT2D eigenvalue weighted by atomic mass is 9.71. The third-order valence-electron chi connectivity index (χ3n) is 6.97. The lowest BCUT2D eigenvalue weighted by Gasteiger charge is -2.41. The molecule has 0 bridgehead atoms. The van der Waals surface area contributed by atoms with Gasteiger partial charge in [-0.05, 0) is 49.3 Å². The highest BCUT2D eigenvalue weighted by Gasteiger charge is 2.41. The van der Waals surface area contributed by atoms with E-state index in [-0.39, 0.29) is 5.91 Å². The number of hydrogen-bond acceptors (Lipinski definition) is 3. The monoisotopic (exact) mass is 469 g/mol. The van der Waals surface area contributed by atoms with E-state index in [4.69, 9.17) is 10.6 Å². The SMILES string of the molecule is Cc1ccc(CC(=O)N2CCC(/C(N)=N/OCCCc3ccccc3)(c3ccccc3)CC2)cc1. The molecular formula is C30H35N3O2. The third kappa shape index (κ3) is 6.30. The molecule has 4 rings (SSSR count). The second-order valence-electron chi connectivity index (χ2n) is 9.39. The fraction of sp³-hybridized carbons (Fsp3) is 0.333. The van der Waals surface area contributed by atoms with Gasteiger partial charge in [0.1, 0.15) is 12.4 Å². The molecule has 3 aromatic rings. The number of oxime groups is 1. The highest BCUT2D eigenvalue weighted by atomic mass is 16.6. The number of aryl methyl sites for hydroxylation is 2. The van der Waals surface area contributed by atoms with E-state index in [1.165, 1.54) is 11.1 Å². The van der Waals surface area contributed by atoms with E-state index in [2.05, 4.69) is 48.5 Å². The molecule has 0 radical (unpaired) electrons. The molecule has 1 aliphatic rings. The minimum absolute atomic E-state index is 0.156. The zero-order valence-electron chi connectivity index (χ0n) is 20.5. The Labute approximate surface area is 208 Å². The van der Waals surface area contributed by atoms with Crippen LogP contribution in [-0.4, -0.2) is 36.3 Å². The van der Waals surface area contributed by atoms with Gasteiger partial charge in [-0.1, -0.05) is 95.6 Å². The van der Waals surface area contributed by atoms with Crippen molar-refractivity contribution in [1.82, 2.24) is 4.90 Å². The first-order valence-electron chi connectivity index (χ1n) is 12.5. The molecular weight excluding hydrogens is 434 g/mol. The predicted octanol–water partition coefficient (Wildman–Crippen LogP) is 5.02. The highest BCUT2D eigenvalue weighted by Crippen LogP contribution is 2.36. The quantitative estimate of drug-likeness (QED) is 0.207. The first-order chi connectivity index (χ1) is 17.1. The summed E-state index contributed by atoms with van der Waals surface area (Å²) in [5, 5.41) is 4.36. The van der Waals surface area contributed by atoms with Gasteiger partial charge in [-0.3, -0.25) is 4.79 Å². The van der Waals surface area contributed by atoms with Crippen molar-refractivity contribution >= 4 is 11.7 Å². The smallest absolute Gasteiger partial charge is 0.226 e. The topological polar surface area (TPSA) is 67.9 Å². The van der Waals surface area contributed by atoms with Crippen LogP contribution in [0.2, 0.25) is 0 Å². The molecule has 0 unspecified atom stereocenters. The van der Waals surface area contributed by atoms with Crippen LogP contribution in [0.25, 0.3) is 0 Å². The van der Waals surface area contributed by atoms with Gasteiger partial charge in [0.2, 0.25) is 5.91 Å². The molecule has 5 nitrogen and oxygen atoms in total. The molecule has 3 aromatic carbocycles. The minimum atomic E-state index is -0.429.